The lowest BCUT2D eigenvalue weighted by molar-refractivity contribution is -0.247. The van der Waals surface area contributed by atoms with Gasteiger partial charge in [0.25, 0.3) is 15.6 Å². The van der Waals surface area contributed by atoms with E-state index in [9.17, 15) is 48.9 Å². The third-order valence-corrected chi connectivity index (χ3v) is 10.1. The molecule has 24 heteroatoms. The predicted molar refractivity (Wildman–Crippen MR) is 147 cm³/mol. The first kappa shape index (κ1) is 35.1. The monoisotopic (exact) mass is 705 g/mol. The number of aliphatic hydroxyl groups excluding tert-OH is 3. The summed E-state index contributed by atoms with van der Waals surface area (Å²) in [5.41, 5.74) is 8.54. The number of fused-ring (bicyclic) bond motifs is 1. The van der Waals surface area contributed by atoms with Gasteiger partial charge in [0.1, 0.15) is 42.4 Å². The van der Waals surface area contributed by atoms with Gasteiger partial charge in [0, 0.05) is 18.0 Å². The lowest BCUT2D eigenvalue weighted by Crippen LogP contribution is -2.54. The first-order valence-electron chi connectivity index (χ1n) is 13.5. The molecule has 5 heterocycles. The van der Waals surface area contributed by atoms with E-state index in [1.807, 2.05) is 0 Å². The number of phosphoric ester groups is 2. The van der Waals surface area contributed by atoms with Crippen molar-refractivity contribution in [3.05, 3.63) is 36.7 Å². The van der Waals surface area contributed by atoms with Crippen LogP contribution in [-0.4, -0.2) is 112 Å². The Bertz CT molecular complexity index is 1710. The van der Waals surface area contributed by atoms with Gasteiger partial charge in [-0.15, -0.1) is 0 Å². The van der Waals surface area contributed by atoms with Gasteiger partial charge in [-0.2, -0.15) is 0 Å². The number of nitrogen functional groups attached to an aromatic ring is 1. The Hall–Kier alpha value is -3.21. The Morgan fingerprint density at radius 2 is 1.77 bits per heavy atom. The van der Waals surface area contributed by atoms with Crippen molar-refractivity contribution < 1.29 is 71.8 Å². The zero-order valence-electron chi connectivity index (χ0n) is 24.1. The lowest BCUT2D eigenvalue weighted by atomic mass is 9.88. The zero-order valence-corrected chi connectivity index (χ0v) is 25.9. The van der Waals surface area contributed by atoms with Crippen LogP contribution in [0.15, 0.2) is 36.7 Å². The molecular weight excluding hydrogens is 676 g/mol. The molecule has 2 aromatic heterocycles. The highest BCUT2D eigenvalue weighted by molar-refractivity contribution is 7.59. The predicted octanol–water partition coefficient (Wildman–Crippen LogP) is -3.99. The Balaban J connectivity index is 1.21. The number of carbonyl (C=O) groups is 2. The number of hydrogen-bond donors (Lipinski definition) is 6. The molecule has 2 unspecified atom stereocenters. The number of nitrogens with zero attached hydrogens (tertiary/aromatic N) is 5. The maximum absolute atomic E-state index is 12.5. The van der Waals surface area contributed by atoms with Gasteiger partial charge < -0.3 is 65.1 Å². The largest absolute Gasteiger partial charge is 0.756 e. The molecular formula is C23H29N7O15P2-2. The highest BCUT2D eigenvalue weighted by atomic mass is 31.3. The van der Waals surface area contributed by atoms with E-state index in [1.165, 1.54) is 23.4 Å². The van der Waals surface area contributed by atoms with Crippen molar-refractivity contribution in [2.24, 2.45) is 5.73 Å². The van der Waals surface area contributed by atoms with Gasteiger partial charge in [-0.1, -0.05) is 6.08 Å². The van der Waals surface area contributed by atoms with Gasteiger partial charge in [-0.25, -0.2) is 19.3 Å². The van der Waals surface area contributed by atoms with E-state index in [1.54, 1.807) is 0 Å². The van der Waals surface area contributed by atoms with Crippen LogP contribution in [0.25, 0.3) is 11.2 Å². The summed E-state index contributed by atoms with van der Waals surface area (Å²) in [6.45, 7) is -1.37. The maximum atomic E-state index is 12.5. The van der Waals surface area contributed by atoms with Crippen molar-refractivity contribution in [2.75, 3.05) is 18.9 Å². The topological polar surface area (TPSA) is 340 Å². The summed E-state index contributed by atoms with van der Waals surface area (Å²) in [6.07, 6.45) is -5.08. The lowest BCUT2D eigenvalue weighted by Gasteiger charge is -2.33. The minimum Gasteiger partial charge on any atom is -0.756 e. The number of carbonyl (C=O) groups excluding carboxylic acids is 2. The van der Waals surface area contributed by atoms with Crippen molar-refractivity contribution >= 4 is 44.3 Å². The molecule has 0 aromatic carbocycles. The van der Waals surface area contributed by atoms with Gasteiger partial charge >= 0.3 is 0 Å². The minimum atomic E-state index is -5.85. The molecule has 2 saturated heterocycles. The van der Waals surface area contributed by atoms with Gasteiger partial charge in [0.05, 0.1) is 19.5 Å². The van der Waals surface area contributed by atoms with Crippen molar-refractivity contribution in [1.82, 2.24) is 24.4 Å². The number of imidazole rings is 1. The number of amides is 1. The summed E-state index contributed by atoms with van der Waals surface area (Å²) >= 11 is 0. The number of rotatable bonds is 12. The number of aromatic nitrogens is 4. The minimum absolute atomic E-state index is 0.0308. The number of Topliss-reactive ketones (excluding diaryl/α,β-unsaturated/α-hetero) is 1. The fourth-order valence-electron chi connectivity index (χ4n) is 5.14. The second-order valence-corrected chi connectivity index (χ2v) is 13.6. The quantitative estimate of drug-likeness (QED) is 0.115. The molecule has 0 bridgehead atoms. The standard InChI is InChI=1S/C23H31N7O15P2/c1-10(31)23(36)13(44-22(17(23)34)30-9-28-14-18(24)26-8-27-20(14)30)7-42-47(39,40)45-46(37,38)41-6-12-15(32)16(33)21(43-12)29-4-2-3-11(5-29)19(25)35/h2,4-5,8-9,12-13,15-17,21-22,32-34,36H,3,6-7H2,1H3,(H2,25,35)(H,37,38)(H,39,40)(H2,24,26,27)/p-2/t12-,13-,15-,16-,17+,21-,22-,23-/m1/s1. The van der Waals surface area contributed by atoms with Crippen LogP contribution in [0.4, 0.5) is 5.82 Å². The summed E-state index contributed by atoms with van der Waals surface area (Å²) in [4.78, 5) is 61.7. The number of nitrogens with two attached hydrogens (primary N) is 2. The number of phosphoric acid groups is 2. The number of anilines is 1. The van der Waals surface area contributed by atoms with Crippen LogP contribution in [-0.2, 0) is 41.6 Å². The van der Waals surface area contributed by atoms with Crippen molar-refractivity contribution in [1.29, 1.82) is 0 Å². The van der Waals surface area contributed by atoms with Gasteiger partial charge in [-0.3, -0.25) is 23.3 Å². The first-order chi connectivity index (χ1) is 21.9. The molecule has 3 aliphatic heterocycles. The summed E-state index contributed by atoms with van der Waals surface area (Å²) in [5.74, 6) is -1.83. The van der Waals surface area contributed by atoms with Crippen LogP contribution in [0.2, 0.25) is 0 Å². The van der Waals surface area contributed by atoms with E-state index in [4.69, 9.17) is 20.9 Å². The highest BCUT2D eigenvalue weighted by Gasteiger charge is 2.59. The van der Waals surface area contributed by atoms with E-state index in [-0.39, 0.29) is 29.0 Å². The van der Waals surface area contributed by atoms with Crippen molar-refractivity contribution in [3.8, 4) is 0 Å². The van der Waals surface area contributed by atoms with Crippen LogP contribution >= 0.6 is 15.6 Å². The maximum Gasteiger partial charge on any atom is 0.274 e. The molecule has 1 amide bonds. The van der Waals surface area contributed by atoms with E-state index in [0.717, 1.165) is 24.1 Å². The number of hydrogen-bond acceptors (Lipinski definition) is 20. The van der Waals surface area contributed by atoms with Crippen LogP contribution < -0.4 is 21.3 Å². The van der Waals surface area contributed by atoms with Gasteiger partial charge in [0.15, 0.2) is 35.3 Å². The molecule has 5 rings (SSSR count). The van der Waals surface area contributed by atoms with E-state index >= 15 is 0 Å². The van der Waals surface area contributed by atoms with Crippen LogP contribution in [0.5, 0.6) is 0 Å². The van der Waals surface area contributed by atoms with Gasteiger partial charge in [0.2, 0.25) is 5.91 Å². The molecule has 0 saturated carbocycles. The van der Waals surface area contributed by atoms with Crippen LogP contribution in [0.3, 0.4) is 0 Å². The molecule has 2 fully saturated rings. The summed E-state index contributed by atoms with van der Waals surface area (Å²) < 4.78 is 50.2. The molecule has 22 nitrogen and oxygen atoms in total. The summed E-state index contributed by atoms with van der Waals surface area (Å²) in [6, 6.07) is 0. The Kier molecular flexibility index (Phi) is 9.72. The second-order valence-electron chi connectivity index (χ2n) is 10.6. The Morgan fingerprint density at radius 3 is 2.43 bits per heavy atom. The van der Waals surface area contributed by atoms with Crippen molar-refractivity contribution in [2.45, 2.75) is 61.9 Å². The number of ether oxygens (including phenoxy) is 2. The fourth-order valence-corrected chi connectivity index (χ4v) is 7.14. The van der Waals surface area contributed by atoms with Crippen LogP contribution in [0, 0.1) is 0 Å². The zero-order chi connectivity index (χ0) is 34.5. The van der Waals surface area contributed by atoms with Crippen molar-refractivity contribution in [3.63, 3.8) is 0 Å². The summed E-state index contributed by atoms with van der Waals surface area (Å²) in [7, 11) is -11.6. The molecule has 2 aromatic rings. The molecule has 0 spiro atoms. The number of ketones is 1. The smallest absolute Gasteiger partial charge is 0.274 e. The highest BCUT2D eigenvalue weighted by Crippen LogP contribution is 2.56. The Morgan fingerprint density at radius 1 is 1.09 bits per heavy atom. The Labute approximate surface area is 264 Å². The fraction of sp³-hybridized carbons (Fsp3) is 0.522. The van der Waals surface area contributed by atoms with Crippen LogP contribution in [0.1, 0.15) is 19.6 Å². The SMILES string of the molecule is CC(=O)[C@@]1(O)[C@@H](COP(=O)([O-])OP(=O)([O-])OC[C@H]2O[C@@H](N3C=CCC(C(N)=O)=C3)[C@H](O)[C@@H]2O)O[C@@H](n2cnc3c(N)ncnc32)[C@@H]1O. The molecule has 10 atom stereocenters. The first-order valence-corrected chi connectivity index (χ1v) is 16.5. The number of primary amides is 1. The van der Waals surface area contributed by atoms with E-state index in [2.05, 4.69) is 28.3 Å². The van der Waals surface area contributed by atoms with E-state index < -0.39 is 89.1 Å². The molecule has 0 radical (unpaired) electrons. The normalized spacial score (nSPS) is 33.5. The van der Waals surface area contributed by atoms with Gasteiger partial charge in [-0.05, 0) is 13.3 Å². The third kappa shape index (κ3) is 6.87. The molecule has 0 aliphatic carbocycles. The van der Waals surface area contributed by atoms with E-state index in [0.29, 0.717) is 0 Å². The molecule has 3 aliphatic rings. The second kappa shape index (κ2) is 13.0. The number of aliphatic hydroxyl groups is 4. The summed E-state index contributed by atoms with van der Waals surface area (Å²) in [5, 5.41) is 42.7. The number of allylic oxidation sites excluding steroid dienone is 1. The molecule has 258 valence electrons. The third-order valence-electron chi connectivity index (χ3n) is 7.59. The molecule has 47 heavy (non-hydrogen) atoms. The average Bonchev–Trinajstić information content (AvgIpc) is 3.64. The molecule has 8 N–H and O–H groups in total. The average molecular weight is 705 g/mol.